The second kappa shape index (κ2) is 8.46. The van der Waals surface area contributed by atoms with E-state index in [-0.39, 0.29) is 16.6 Å². The minimum Gasteiger partial charge on any atom is -0.495 e. The molecule has 0 radical (unpaired) electrons. The summed E-state index contributed by atoms with van der Waals surface area (Å²) in [5, 5.41) is 6.66. The standard InChI is InChI=1S/C20H23N5O4S/c1-24(2)16-7-5-6-15(12-16)23-30(27,28)19-9-8-14(13-18(19)29-4)22-20(26)17-10-11-21-25(17)3/h5-13,23H,1-4H3,(H,22,26). The number of nitrogens with one attached hydrogen (secondary N) is 2. The van der Waals surface area contributed by atoms with E-state index >= 15 is 0 Å². The van der Waals surface area contributed by atoms with E-state index in [0.29, 0.717) is 17.1 Å². The van der Waals surface area contributed by atoms with Gasteiger partial charge in [0.25, 0.3) is 15.9 Å². The summed E-state index contributed by atoms with van der Waals surface area (Å²) >= 11 is 0. The van der Waals surface area contributed by atoms with E-state index in [1.165, 1.54) is 36.2 Å². The average Bonchev–Trinajstić information content (AvgIpc) is 3.13. The number of aryl methyl sites for hydroxylation is 1. The number of amides is 1. The smallest absolute Gasteiger partial charge is 0.273 e. The quantitative estimate of drug-likeness (QED) is 0.598. The molecule has 0 aliphatic heterocycles. The largest absolute Gasteiger partial charge is 0.495 e. The van der Waals surface area contributed by atoms with Crippen LogP contribution in [-0.2, 0) is 17.1 Å². The monoisotopic (exact) mass is 429 g/mol. The summed E-state index contributed by atoms with van der Waals surface area (Å²) < 4.78 is 35.1. The Morgan fingerprint density at radius 1 is 1.10 bits per heavy atom. The Hall–Kier alpha value is -3.53. The van der Waals surface area contributed by atoms with Crippen molar-refractivity contribution in [3.63, 3.8) is 0 Å². The van der Waals surface area contributed by atoms with E-state index in [4.69, 9.17) is 4.74 Å². The fourth-order valence-electron chi connectivity index (χ4n) is 2.82. The second-order valence-electron chi connectivity index (χ2n) is 6.71. The molecule has 0 spiro atoms. The van der Waals surface area contributed by atoms with Crippen molar-refractivity contribution < 1.29 is 17.9 Å². The molecule has 10 heteroatoms. The number of hydrogen-bond acceptors (Lipinski definition) is 6. The number of benzene rings is 2. The molecule has 0 unspecified atom stereocenters. The maximum Gasteiger partial charge on any atom is 0.273 e. The number of nitrogens with zero attached hydrogens (tertiary/aromatic N) is 3. The summed E-state index contributed by atoms with van der Waals surface area (Å²) in [5.41, 5.74) is 2.05. The zero-order chi connectivity index (χ0) is 21.9. The first kappa shape index (κ1) is 21.2. The van der Waals surface area contributed by atoms with Crippen molar-refractivity contribution in [1.29, 1.82) is 0 Å². The third-order valence-corrected chi connectivity index (χ3v) is 5.80. The minimum atomic E-state index is -3.91. The lowest BCUT2D eigenvalue weighted by atomic mass is 10.3. The SMILES string of the molecule is COc1cc(NC(=O)c2ccnn2C)ccc1S(=O)(=O)Nc1cccc(N(C)C)c1. The van der Waals surface area contributed by atoms with Crippen LogP contribution in [0.15, 0.2) is 59.6 Å². The number of methoxy groups -OCH3 is 1. The third-order valence-electron chi connectivity index (χ3n) is 4.38. The van der Waals surface area contributed by atoms with Gasteiger partial charge in [-0.1, -0.05) is 6.07 Å². The Kier molecular flexibility index (Phi) is 5.97. The molecule has 30 heavy (non-hydrogen) atoms. The summed E-state index contributed by atoms with van der Waals surface area (Å²) in [4.78, 5) is 14.2. The van der Waals surface area contributed by atoms with Gasteiger partial charge in [-0.2, -0.15) is 5.10 Å². The highest BCUT2D eigenvalue weighted by Crippen LogP contribution is 2.30. The van der Waals surface area contributed by atoms with Crippen LogP contribution < -0.4 is 19.7 Å². The first-order valence-electron chi connectivity index (χ1n) is 8.99. The van der Waals surface area contributed by atoms with E-state index in [0.717, 1.165) is 5.69 Å². The van der Waals surface area contributed by atoms with Crippen molar-refractivity contribution in [2.24, 2.45) is 7.05 Å². The zero-order valence-corrected chi connectivity index (χ0v) is 17.9. The maximum absolute atomic E-state index is 12.9. The Bertz CT molecular complexity index is 1170. The highest BCUT2D eigenvalue weighted by molar-refractivity contribution is 7.92. The van der Waals surface area contributed by atoms with Crippen molar-refractivity contribution in [3.05, 3.63) is 60.4 Å². The number of ether oxygens (including phenoxy) is 1. The topological polar surface area (TPSA) is 106 Å². The molecule has 0 saturated heterocycles. The fraction of sp³-hybridized carbons (Fsp3) is 0.200. The zero-order valence-electron chi connectivity index (χ0n) is 17.1. The van der Waals surface area contributed by atoms with Gasteiger partial charge in [0, 0.05) is 44.8 Å². The molecule has 3 aromatic rings. The summed E-state index contributed by atoms with van der Waals surface area (Å²) in [6.45, 7) is 0. The van der Waals surface area contributed by atoms with Crippen LogP contribution in [0.5, 0.6) is 5.75 Å². The first-order chi connectivity index (χ1) is 14.2. The van der Waals surface area contributed by atoms with Gasteiger partial charge in [-0.15, -0.1) is 0 Å². The summed E-state index contributed by atoms with van der Waals surface area (Å²) in [7, 11) is 2.85. The molecule has 9 nitrogen and oxygen atoms in total. The number of carbonyl (C=O) groups is 1. The van der Waals surface area contributed by atoms with Gasteiger partial charge in [0.15, 0.2) is 0 Å². The normalized spacial score (nSPS) is 11.1. The van der Waals surface area contributed by atoms with Crippen LogP contribution in [0.25, 0.3) is 0 Å². The number of anilines is 3. The van der Waals surface area contributed by atoms with Gasteiger partial charge in [0.1, 0.15) is 16.3 Å². The molecular formula is C20H23N5O4S. The molecule has 0 aliphatic carbocycles. The molecule has 2 aromatic carbocycles. The van der Waals surface area contributed by atoms with Gasteiger partial charge < -0.3 is 15.0 Å². The van der Waals surface area contributed by atoms with E-state index in [9.17, 15) is 13.2 Å². The fourth-order valence-corrected chi connectivity index (χ4v) is 4.02. The molecule has 1 heterocycles. The van der Waals surface area contributed by atoms with Crippen LogP contribution in [0.2, 0.25) is 0 Å². The predicted molar refractivity (Wildman–Crippen MR) is 116 cm³/mol. The third kappa shape index (κ3) is 4.54. The van der Waals surface area contributed by atoms with Crippen LogP contribution in [0.3, 0.4) is 0 Å². The van der Waals surface area contributed by atoms with Crippen molar-refractivity contribution >= 4 is 33.0 Å². The lowest BCUT2D eigenvalue weighted by Crippen LogP contribution is -2.17. The van der Waals surface area contributed by atoms with Crippen LogP contribution in [-0.4, -0.2) is 45.3 Å². The first-order valence-corrected chi connectivity index (χ1v) is 10.5. The van der Waals surface area contributed by atoms with E-state index in [2.05, 4.69) is 15.1 Å². The lowest BCUT2D eigenvalue weighted by Gasteiger charge is -2.16. The number of sulfonamides is 1. The summed E-state index contributed by atoms with van der Waals surface area (Å²) in [6.07, 6.45) is 1.52. The van der Waals surface area contributed by atoms with Crippen LogP contribution >= 0.6 is 0 Å². The summed E-state index contributed by atoms with van der Waals surface area (Å²) in [5.74, 6) is -0.264. The van der Waals surface area contributed by atoms with Gasteiger partial charge in [-0.3, -0.25) is 14.2 Å². The van der Waals surface area contributed by atoms with E-state index in [1.54, 1.807) is 31.3 Å². The molecule has 158 valence electrons. The molecule has 1 aromatic heterocycles. The second-order valence-corrected chi connectivity index (χ2v) is 8.36. The predicted octanol–water partition coefficient (Wildman–Crippen LogP) is 2.55. The van der Waals surface area contributed by atoms with Gasteiger partial charge >= 0.3 is 0 Å². The minimum absolute atomic E-state index is 0.0428. The molecular weight excluding hydrogens is 406 g/mol. The van der Waals surface area contributed by atoms with Crippen LogP contribution in [0, 0.1) is 0 Å². The van der Waals surface area contributed by atoms with Crippen molar-refractivity contribution in [1.82, 2.24) is 9.78 Å². The van der Waals surface area contributed by atoms with Gasteiger partial charge in [0.2, 0.25) is 0 Å². The van der Waals surface area contributed by atoms with Gasteiger partial charge in [-0.25, -0.2) is 8.42 Å². The molecule has 0 aliphatic rings. The maximum atomic E-state index is 12.9. The molecule has 3 rings (SSSR count). The van der Waals surface area contributed by atoms with E-state index < -0.39 is 10.0 Å². The Balaban J connectivity index is 1.86. The van der Waals surface area contributed by atoms with Crippen LogP contribution in [0.1, 0.15) is 10.5 Å². The lowest BCUT2D eigenvalue weighted by molar-refractivity contribution is 0.101. The molecule has 1 amide bonds. The number of aromatic nitrogens is 2. The van der Waals surface area contributed by atoms with Crippen LogP contribution in [0.4, 0.5) is 17.1 Å². The summed E-state index contributed by atoms with van der Waals surface area (Å²) in [6, 6.07) is 13.0. The van der Waals surface area contributed by atoms with Gasteiger partial charge in [0.05, 0.1) is 12.8 Å². The van der Waals surface area contributed by atoms with Crippen molar-refractivity contribution in [3.8, 4) is 5.75 Å². The molecule has 0 fully saturated rings. The Morgan fingerprint density at radius 2 is 1.87 bits per heavy atom. The number of carbonyl (C=O) groups excluding carboxylic acids is 1. The number of hydrogen-bond donors (Lipinski definition) is 2. The molecule has 0 saturated carbocycles. The highest BCUT2D eigenvalue weighted by atomic mass is 32.2. The average molecular weight is 430 g/mol. The van der Waals surface area contributed by atoms with E-state index in [1.807, 2.05) is 25.1 Å². The van der Waals surface area contributed by atoms with Crippen molar-refractivity contribution in [2.75, 3.05) is 36.1 Å². The van der Waals surface area contributed by atoms with Crippen molar-refractivity contribution in [2.45, 2.75) is 4.90 Å². The molecule has 0 bridgehead atoms. The molecule has 0 atom stereocenters. The Labute approximate surface area is 175 Å². The molecule has 2 N–H and O–H groups in total. The Morgan fingerprint density at radius 3 is 2.50 bits per heavy atom. The highest BCUT2D eigenvalue weighted by Gasteiger charge is 2.21. The number of rotatable bonds is 7. The van der Waals surface area contributed by atoms with Gasteiger partial charge in [-0.05, 0) is 36.4 Å².